The minimum Gasteiger partial charge on any atom is -0.458 e. The highest BCUT2D eigenvalue weighted by atomic mass is 32.2. The SMILES string of the molecule is C[C@H]1[C@@H](OC(=O)C2=NN([C@@H]3CCS(=O)(=O)C3)C(=O)CC2)C[C@H]2C[C@H]1C2(C)C. The van der Waals surface area contributed by atoms with Crippen LogP contribution in [-0.2, 0) is 24.2 Å². The normalized spacial score (nSPS) is 39.5. The van der Waals surface area contributed by atoms with Gasteiger partial charge in [0.05, 0.1) is 17.5 Å². The Bertz CT molecular complexity index is 803. The monoisotopic (exact) mass is 396 g/mol. The average molecular weight is 397 g/mol. The zero-order chi connectivity index (χ0) is 19.6. The molecule has 5 rings (SSSR count). The van der Waals surface area contributed by atoms with Crippen LogP contribution < -0.4 is 0 Å². The number of fused-ring (bicyclic) bond motifs is 2. The second-order valence-electron chi connectivity index (χ2n) is 9.24. The van der Waals surface area contributed by atoms with Gasteiger partial charge in [-0.25, -0.2) is 18.2 Å². The number of esters is 1. The molecule has 5 aliphatic rings. The first kappa shape index (κ1) is 18.9. The number of hydrogen-bond donors (Lipinski definition) is 0. The summed E-state index contributed by atoms with van der Waals surface area (Å²) in [6.45, 7) is 6.75. The molecule has 3 aliphatic carbocycles. The predicted molar refractivity (Wildman–Crippen MR) is 99.6 cm³/mol. The van der Waals surface area contributed by atoms with Crippen molar-refractivity contribution in [2.24, 2.45) is 28.3 Å². The lowest BCUT2D eigenvalue weighted by atomic mass is 9.45. The van der Waals surface area contributed by atoms with Crippen LogP contribution in [0.3, 0.4) is 0 Å². The van der Waals surface area contributed by atoms with Crippen molar-refractivity contribution < 1.29 is 22.7 Å². The fourth-order valence-electron chi connectivity index (χ4n) is 5.44. The molecule has 2 bridgehead atoms. The summed E-state index contributed by atoms with van der Waals surface area (Å²) >= 11 is 0. The highest BCUT2D eigenvalue weighted by Gasteiger charge is 2.57. The molecule has 150 valence electrons. The van der Waals surface area contributed by atoms with Gasteiger partial charge in [-0.15, -0.1) is 0 Å². The number of carbonyl (C=O) groups excluding carboxylic acids is 2. The quantitative estimate of drug-likeness (QED) is 0.678. The highest BCUT2D eigenvalue weighted by molar-refractivity contribution is 7.91. The number of sulfone groups is 1. The molecule has 0 N–H and O–H groups in total. The summed E-state index contributed by atoms with van der Waals surface area (Å²) in [6.07, 6.45) is 2.79. The van der Waals surface area contributed by atoms with E-state index in [4.69, 9.17) is 4.74 Å². The molecule has 1 amide bonds. The van der Waals surface area contributed by atoms with Crippen LogP contribution in [0.5, 0.6) is 0 Å². The lowest BCUT2D eigenvalue weighted by Gasteiger charge is -2.61. The van der Waals surface area contributed by atoms with Crippen LogP contribution in [0.4, 0.5) is 0 Å². The van der Waals surface area contributed by atoms with Gasteiger partial charge in [0.1, 0.15) is 11.8 Å². The maximum atomic E-state index is 12.7. The Balaban J connectivity index is 1.44. The summed E-state index contributed by atoms with van der Waals surface area (Å²) in [5, 5.41) is 5.44. The molecule has 27 heavy (non-hydrogen) atoms. The van der Waals surface area contributed by atoms with Gasteiger partial charge in [0.15, 0.2) is 9.84 Å². The van der Waals surface area contributed by atoms with E-state index in [0.717, 1.165) is 6.42 Å². The highest BCUT2D eigenvalue weighted by Crippen LogP contribution is 2.61. The van der Waals surface area contributed by atoms with Crippen molar-refractivity contribution in [3.63, 3.8) is 0 Å². The van der Waals surface area contributed by atoms with Gasteiger partial charge in [-0.05, 0) is 42.4 Å². The lowest BCUT2D eigenvalue weighted by Crippen LogP contribution is -2.57. The molecule has 7 nitrogen and oxygen atoms in total. The van der Waals surface area contributed by atoms with Crippen LogP contribution in [0.25, 0.3) is 0 Å². The van der Waals surface area contributed by atoms with E-state index >= 15 is 0 Å². The zero-order valence-corrected chi connectivity index (χ0v) is 17.0. The molecule has 8 heteroatoms. The van der Waals surface area contributed by atoms with Crippen LogP contribution >= 0.6 is 0 Å². The molecule has 0 aromatic rings. The van der Waals surface area contributed by atoms with Gasteiger partial charge in [-0.1, -0.05) is 20.8 Å². The van der Waals surface area contributed by atoms with Crippen molar-refractivity contribution in [1.82, 2.24) is 5.01 Å². The maximum Gasteiger partial charge on any atom is 0.354 e. The third-order valence-electron chi connectivity index (χ3n) is 7.39. The van der Waals surface area contributed by atoms with E-state index in [2.05, 4.69) is 25.9 Å². The van der Waals surface area contributed by atoms with Crippen LogP contribution in [0.2, 0.25) is 0 Å². The van der Waals surface area contributed by atoms with Crippen LogP contribution in [0.15, 0.2) is 5.10 Å². The van der Waals surface area contributed by atoms with Crippen LogP contribution in [0, 0.1) is 23.2 Å². The zero-order valence-electron chi connectivity index (χ0n) is 16.2. The molecule has 0 spiro atoms. The molecule has 2 heterocycles. The van der Waals surface area contributed by atoms with Gasteiger partial charge in [0.2, 0.25) is 5.91 Å². The number of ether oxygens (including phenoxy) is 1. The summed E-state index contributed by atoms with van der Waals surface area (Å²) in [5.74, 6) is 0.788. The largest absolute Gasteiger partial charge is 0.458 e. The van der Waals surface area contributed by atoms with Gasteiger partial charge in [-0.2, -0.15) is 5.10 Å². The molecule has 0 aromatic heterocycles. The minimum atomic E-state index is -3.13. The lowest BCUT2D eigenvalue weighted by molar-refractivity contribution is -0.180. The third kappa shape index (κ3) is 3.19. The van der Waals surface area contributed by atoms with Crippen LogP contribution in [0.1, 0.15) is 52.9 Å². The van der Waals surface area contributed by atoms with Crippen molar-refractivity contribution in [1.29, 1.82) is 0 Å². The number of nitrogens with zero attached hydrogens (tertiary/aromatic N) is 2. The molecule has 5 atom stereocenters. The third-order valence-corrected chi connectivity index (χ3v) is 9.14. The van der Waals surface area contributed by atoms with E-state index < -0.39 is 21.8 Å². The second-order valence-corrected chi connectivity index (χ2v) is 11.5. The van der Waals surface area contributed by atoms with Gasteiger partial charge >= 0.3 is 5.97 Å². The van der Waals surface area contributed by atoms with Gasteiger partial charge in [0, 0.05) is 12.8 Å². The summed E-state index contributed by atoms with van der Waals surface area (Å²) < 4.78 is 29.2. The first-order chi connectivity index (χ1) is 12.6. The number of amides is 1. The molecule has 3 saturated carbocycles. The van der Waals surface area contributed by atoms with Gasteiger partial charge in [-0.3, -0.25) is 4.79 Å². The minimum absolute atomic E-state index is 0.0644. The summed E-state index contributed by atoms with van der Waals surface area (Å²) in [7, 11) is -3.13. The van der Waals surface area contributed by atoms with E-state index in [1.54, 1.807) is 0 Å². The topological polar surface area (TPSA) is 93.1 Å². The molecular weight excluding hydrogens is 368 g/mol. The number of carbonyl (C=O) groups is 2. The average Bonchev–Trinajstić information content (AvgIpc) is 2.96. The Morgan fingerprint density at radius 3 is 2.59 bits per heavy atom. The molecule has 1 saturated heterocycles. The van der Waals surface area contributed by atoms with Crippen molar-refractivity contribution in [3.05, 3.63) is 0 Å². The van der Waals surface area contributed by atoms with Crippen molar-refractivity contribution in [2.45, 2.75) is 65.0 Å². The summed E-state index contributed by atoms with van der Waals surface area (Å²) in [5.41, 5.74) is 0.562. The number of hydrazone groups is 1. The fraction of sp³-hybridized carbons (Fsp3) is 0.842. The Morgan fingerprint density at radius 2 is 2.00 bits per heavy atom. The maximum absolute atomic E-state index is 12.7. The molecular formula is C19H28N2O5S. The molecule has 2 aliphatic heterocycles. The molecule has 0 radical (unpaired) electrons. The van der Waals surface area contributed by atoms with Crippen molar-refractivity contribution in [2.75, 3.05) is 11.5 Å². The van der Waals surface area contributed by atoms with Gasteiger partial charge in [0.25, 0.3) is 0 Å². The van der Waals surface area contributed by atoms with Crippen LogP contribution in [-0.4, -0.2) is 54.7 Å². The standard InChI is InChI=1S/C19H28N2O5S/c1-11-14-8-12(19(14,2)3)9-16(11)26-18(23)15-4-5-17(22)21(20-15)13-6-7-27(24,25)10-13/h11-14,16H,4-10H2,1-3H3/t11-,12-,13-,14-,16+/m1/s1. The van der Waals surface area contributed by atoms with E-state index in [0.29, 0.717) is 29.6 Å². The first-order valence-corrected chi connectivity index (χ1v) is 11.7. The Hall–Kier alpha value is -1.44. The number of rotatable bonds is 3. The predicted octanol–water partition coefficient (Wildman–Crippen LogP) is 1.77. The van der Waals surface area contributed by atoms with E-state index in [1.165, 1.54) is 11.4 Å². The second kappa shape index (κ2) is 6.29. The Morgan fingerprint density at radius 1 is 1.26 bits per heavy atom. The number of hydrogen-bond acceptors (Lipinski definition) is 6. The van der Waals surface area contributed by atoms with E-state index in [1.807, 2.05) is 0 Å². The summed E-state index contributed by atoms with van der Waals surface area (Å²) in [4.78, 5) is 24.9. The molecule has 0 unspecified atom stereocenters. The van der Waals surface area contributed by atoms with E-state index in [-0.39, 0.29) is 42.1 Å². The summed E-state index contributed by atoms with van der Waals surface area (Å²) in [6, 6.07) is -0.465. The molecule has 0 aromatic carbocycles. The van der Waals surface area contributed by atoms with Gasteiger partial charge < -0.3 is 4.74 Å². The Labute approximate surface area is 160 Å². The van der Waals surface area contributed by atoms with E-state index in [9.17, 15) is 18.0 Å². The fourth-order valence-corrected chi connectivity index (χ4v) is 7.13. The smallest absolute Gasteiger partial charge is 0.354 e. The van der Waals surface area contributed by atoms with Crippen molar-refractivity contribution in [3.8, 4) is 0 Å². The Kier molecular flexibility index (Phi) is 4.40. The first-order valence-electron chi connectivity index (χ1n) is 9.89. The molecule has 4 fully saturated rings. The van der Waals surface area contributed by atoms with Crippen molar-refractivity contribution >= 4 is 27.4 Å².